The van der Waals surface area contributed by atoms with Crippen molar-refractivity contribution in [3.05, 3.63) is 122 Å². The second kappa shape index (κ2) is 52.4. The van der Waals surface area contributed by atoms with Crippen LogP contribution in [0.2, 0.25) is 0 Å². The first-order valence-electron chi connectivity index (χ1n) is 26.0. The fourth-order valence-corrected chi connectivity index (χ4v) is 6.59. The second-order valence-corrected chi connectivity index (χ2v) is 16.7. The molecule has 65 heavy (non-hydrogen) atoms. The lowest BCUT2D eigenvalue weighted by Crippen LogP contribution is -2.30. The van der Waals surface area contributed by atoms with Crippen LogP contribution in [0.3, 0.4) is 0 Å². The highest BCUT2D eigenvalue weighted by Gasteiger charge is 2.19. The van der Waals surface area contributed by atoms with E-state index in [0.717, 1.165) is 135 Å². The van der Waals surface area contributed by atoms with E-state index in [2.05, 4.69) is 142 Å². The number of hydrogen-bond acceptors (Lipinski definition) is 6. The van der Waals surface area contributed by atoms with E-state index in [4.69, 9.17) is 14.2 Å². The van der Waals surface area contributed by atoms with Crippen LogP contribution in [0.25, 0.3) is 0 Å². The van der Waals surface area contributed by atoms with Crippen molar-refractivity contribution in [1.82, 2.24) is 0 Å². The monoisotopic (exact) mass is 899 g/mol. The van der Waals surface area contributed by atoms with Crippen molar-refractivity contribution in [2.24, 2.45) is 0 Å². The van der Waals surface area contributed by atoms with Crippen molar-refractivity contribution in [2.75, 3.05) is 13.2 Å². The third-order valence-corrected chi connectivity index (χ3v) is 10.5. The molecule has 366 valence electrons. The molecular weight excluding hydrogens is 805 g/mol. The number of hydrogen-bond donors (Lipinski definition) is 0. The fourth-order valence-electron chi connectivity index (χ4n) is 6.59. The van der Waals surface area contributed by atoms with Gasteiger partial charge >= 0.3 is 17.9 Å². The number of unbranched alkanes of at least 4 members (excludes halogenated alkanes) is 14. The van der Waals surface area contributed by atoms with Crippen LogP contribution >= 0.6 is 0 Å². The van der Waals surface area contributed by atoms with Crippen molar-refractivity contribution < 1.29 is 28.6 Å². The summed E-state index contributed by atoms with van der Waals surface area (Å²) in [5, 5.41) is 0. The maximum absolute atomic E-state index is 12.6. The molecule has 0 aliphatic heterocycles. The lowest BCUT2D eigenvalue weighted by Gasteiger charge is -2.18. The summed E-state index contributed by atoms with van der Waals surface area (Å²) < 4.78 is 16.5. The topological polar surface area (TPSA) is 78.9 Å². The Labute approximate surface area is 399 Å². The van der Waals surface area contributed by atoms with Crippen molar-refractivity contribution in [3.63, 3.8) is 0 Å². The first-order valence-corrected chi connectivity index (χ1v) is 26.0. The van der Waals surface area contributed by atoms with E-state index >= 15 is 0 Å². The summed E-state index contributed by atoms with van der Waals surface area (Å²) in [6.45, 7) is 6.35. The van der Waals surface area contributed by atoms with E-state index in [1.54, 1.807) is 0 Å². The Balaban J connectivity index is 4.14. The van der Waals surface area contributed by atoms with Crippen LogP contribution in [0.15, 0.2) is 122 Å². The molecule has 0 fully saturated rings. The van der Waals surface area contributed by atoms with E-state index in [9.17, 15) is 14.4 Å². The molecular formula is C59H94O6. The molecule has 1 unspecified atom stereocenters. The molecule has 0 aliphatic carbocycles. The van der Waals surface area contributed by atoms with Crippen LogP contribution < -0.4 is 0 Å². The molecule has 0 aromatic carbocycles. The van der Waals surface area contributed by atoms with Crippen molar-refractivity contribution in [1.29, 1.82) is 0 Å². The van der Waals surface area contributed by atoms with Crippen LogP contribution in [-0.4, -0.2) is 37.2 Å². The van der Waals surface area contributed by atoms with Crippen LogP contribution in [0, 0.1) is 0 Å². The molecule has 0 saturated heterocycles. The van der Waals surface area contributed by atoms with Crippen molar-refractivity contribution in [3.8, 4) is 0 Å². The third kappa shape index (κ3) is 50.7. The minimum absolute atomic E-state index is 0.0935. The fraction of sp³-hybridized carbons (Fsp3) is 0.610. The van der Waals surface area contributed by atoms with Gasteiger partial charge in [-0.1, -0.05) is 219 Å². The molecule has 0 N–H and O–H groups in total. The van der Waals surface area contributed by atoms with E-state index in [1.807, 2.05) is 0 Å². The van der Waals surface area contributed by atoms with Crippen LogP contribution in [0.1, 0.15) is 213 Å². The van der Waals surface area contributed by atoms with Gasteiger partial charge in [-0.05, 0) is 96.3 Å². The summed E-state index contributed by atoms with van der Waals surface area (Å²) in [5.74, 6) is -0.965. The van der Waals surface area contributed by atoms with E-state index in [-0.39, 0.29) is 31.1 Å². The minimum atomic E-state index is -0.790. The lowest BCUT2D eigenvalue weighted by atomic mass is 10.1. The summed E-state index contributed by atoms with van der Waals surface area (Å²) in [5.41, 5.74) is 0. The normalized spacial score (nSPS) is 13.1. The molecule has 0 aromatic rings. The van der Waals surface area contributed by atoms with Crippen LogP contribution in [0.5, 0.6) is 0 Å². The molecule has 6 nitrogen and oxygen atoms in total. The molecule has 0 saturated carbocycles. The number of esters is 3. The summed E-state index contributed by atoms with van der Waals surface area (Å²) in [6, 6.07) is 0. The zero-order valence-corrected chi connectivity index (χ0v) is 41.7. The first-order chi connectivity index (χ1) is 32.0. The largest absolute Gasteiger partial charge is 0.462 e. The number of allylic oxidation sites excluding steroid dienone is 20. The van der Waals surface area contributed by atoms with Crippen LogP contribution in [0.4, 0.5) is 0 Å². The molecule has 1 atom stereocenters. The Kier molecular flexibility index (Phi) is 49.1. The number of carbonyl (C=O) groups is 3. The average molecular weight is 899 g/mol. The maximum atomic E-state index is 12.6. The predicted molar refractivity (Wildman–Crippen MR) is 279 cm³/mol. The van der Waals surface area contributed by atoms with Gasteiger partial charge in [-0.3, -0.25) is 14.4 Å². The van der Waals surface area contributed by atoms with E-state index in [0.29, 0.717) is 19.3 Å². The Morgan fingerprint density at radius 2 is 0.600 bits per heavy atom. The van der Waals surface area contributed by atoms with Gasteiger partial charge in [-0.2, -0.15) is 0 Å². The summed E-state index contributed by atoms with van der Waals surface area (Å²) in [4.78, 5) is 37.5. The molecule has 6 heteroatoms. The highest BCUT2D eigenvalue weighted by atomic mass is 16.6. The molecule has 0 bridgehead atoms. The standard InChI is InChI=1S/C59H94O6/c1-4-7-10-13-15-17-18-19-20-21-22-23-24-25-26-27-28-29-30-31-32-33-34-35-36-37-38-39-40-42-43-46-49-52-58(61)64-55-56(54-63-57(60)51-48-45-12-9-6-3)65-59(62)53-50-47-44-41-16-14-11-8-5-2/h7,10,15,17,19-20,22-23,25-26,28-29,31-32,34-35,37-38,40,42,56H,4-6,8-9,11-14,16,18,21,24,27,30,33,36,39,41,43-55H2,1-3H3/b10-7-,17-15-,20-19-,23-22-,26-25-,29-28-,32-31-,35-34-,38-37-,42-40-. The number of carbonyl (C=O) groups excluding carboxylic acids is 3. The minimum Gasteiger partial charge on any atom is -0.462 e. The average Bonchev–Trinajstić information content (AvgIpc) is 3.30. The van der Waals surface area contributed by atoms with Crippen LogP contribution in [-0.2, 0) is 28.6 Å². The number of rotatable bonds is 45. The Bertz CT molecular complexity index is 1400. The Morgan fingerprint density at radius 3 is 0.938 bits per heavy atom. The first kappa shape index (κ1) is 60.8. The van der Waals surface area contributed by atoms with E-state index < -0.39 is 6.10 Å². The highest BCUT2D eigenvalue weighted by Crippen LogP contribution is 2.13. The zero-order chi connectivity index (χ0) is 47.2. The van der Waals surface area contributed by atoms with Crippen molar-refractivity contribution >= 4 is 17.9 Å². The SMILES string of the molecule is CC/C=C\C/C=C\C/C=C\C/C=C\C/C=C\C/C=C\C/C=C\C/C=C\C/C=C\C/C=C\CCCCC(=O)OCC(COC(=O)CCCCCCC)OC(=O)CCCCCCCCCCC. The van der Waals surface area contributed by atoms with Gasteiger partial charge in [0.15, 0.2) is 6.10 Å². The molecule has 0 aliphatic rings. The van der Waals surface area contributed by atoms with Gasteiger partial charge in [0.1, 0.15) is 13.2 Å². The lowest BCUT2D eigenvalue weighted by molar-refractivity contribution is -0.167. The maximum Gasteiger partial charge on any atom is 0.306 e. The molecule has 0 aromatic heterocycles. The molecule has 0 radical (unpaired) electrons. The summed E-state index contributed by atoms with van der Waals surface area (Å²) >= 11 is 0. The Hall–Kier alpha value is -4.19. The van der Waals surface area contributed by atoms with E-state index in [1.165, 1.54) is 38.5 Å². The predicted octanol–water partition coefficient (Wildman–Crippen LogP) is 17.3. The van der Waals surface area contributed by atoms with Gasteiger partial charge < -0.3 is 14.2 Å². The van der Waals surface area contributed by atoms with Gasteiger partial charge in [0.05, 0.1) is 0 Å². The summed E-state index contributed by atoms with van der Waals surface area (Å²) in [6.07, 6.45) is 72.4. The smallest absolute Gasteiger partial charge is 0.306 e. The van der Waals surface area contributed by atoms with Gasteiger partial charge in [-0.25, -0.2) is 0 Å². The molecule has 0 spiro atoms. The second-order valence-electron chi connectivity index (χ2n) is 16.7. The van der Waals surface area contributed by atoms with Gasteiger partial charge in [-0.15, -0.1) is 0 Å². The quantitative estimate of drug-likeness (QED) is 0.0262. The number of ether oxygens (including phenoxy) is 3. The van der Waals surface area contributed by atoms with Gasteiger partial charge in [0, 0.05) is 19.3 Å². The summed E-state index contributed by atoms with van der Waals surface area (Å²) in [7, 11) is 0. The van der Waals surface area contributed by atoms with Gasteiger partial charge in [0.25, 0.3) is 0 Å². The van der Waals surface area contributed by atoms with Gasteiger partial charge in [0.2, 0.25) is 0 Å². The molecule has 0 amide bonds. The highest BCUT2D eigenvalue weighted by molar-refractivity contribution is 5.71. The third-order valence-electron chi connectivity index (χ3n) is 10.5. The molecule has 0 heterocycles. The Morgan fingerprint density at radius 1 is 0.323 bits per heavy atom. The zero-order valence-electron chi connectivity index (χ0n) is 41.7. The van der Waals surface area contributed by atoms with Crippen molar-refractivity contribution in [2.45, 2.75) is 219 Å². The molecule has 0 rings (SSSR count).